The predicted molar refractivity (Wildman–Crippen MR) is 119 cm³/mol. The molecule has 0 spiro atoms. The lowest BCUT2D eigenvalue weighted by Crippen LogP contribution is -2.23. The Balaban J connectivity index is 1.96. The SMILES string of the molecule is CS(=O)(=O)c1ccc(-c2cnn(-c3ccc(F)c(F)c3)c(=O)c2-c2ccc(Cl)cc2)cc1. The number of sulfone groups is 1. The number of nitrogens with zero attached hydrogens (tertiary/aromatic N) is 2. The molecular formula is C23H15ClF2N2O3S. The van der Waals surface area contributed by atoms with Crippen LogP contribution in [-0.2, 0) is 9.84 Å². The summed E-state index contributed by atoms with van der Waals surface area (Å²) in [7, 11) is -3.39. The van der Waals surface area contributed by atoms with Gasteiger partial charge in [-0.1, -0.05) is 35.9 Å². The molecule has 0 saturated carbocycles. The van der Waals surface area contributed by atoms with Gasteiger partial charge in [0.1, 0.15) is 0 Å². The van der Waals surface area contributed by atoms with Crippen LogP contribution in [0.25, 0.3) is 27.9 Å². The second-order valence-corrected chi connectivity index (χ2v) is 9.50. The maximum absolute atomic E-state index is 13.8. The van der Waals surface area contributed by atoms with Crippen molar-refractivity contribution in [3.63, 3.8) is 0 Å². The molecule has 4 rings (SSSR count). The highest BCUT2D eigenvalue weighted by Crippen LogP contribution is 2.30. The van der Waals surface area contributed by atoms with Gasteiger partial charge in [0.2, 0.25) is 0 Å². The Labute approximate surface area is 187 Å². The minimum Gasteiger partial charge on any atom is -0.267 e. The molecule has 1 heterocycles. The van der Waals surface area contributed by atoms with Crippen LogP contribution in [0.15, 0.2) is 82.6 Å². The zero-order valence-electron chi connectivity index (χ0n) is 16.6. The largest absolute Gasteiger partial charge is 0.280 e. The molecule has 1 aromatic heterocycles. The molecule has 0 unspecified atom stereocenters. The van der Waals surface area contributed by atoms with Crippen molar-refractivity contribution in [3.8, 4) is 27.9 Å². The van der Waals surface area contributed by atoms with Gasteiger partial charge in [-0.2, -0.15) is 9.78 Å². The number of aromatic nitrogens is 2. The van der Waals surface area contributed by atoms with Crippen LogP contribution in [0.4, 0.5) is 8.78 Å². The normalized spacial score (nSPS) is 11.5. The van der Waals surface area contributed by atoms with Crippen molar-refractivity contribution in [3.05, 3.63) is 99.9 Å². The monoisotopic (exact) mass is 472 g/mol. The molecule has 32 heavy (non-hydrogen) atoms. The first kappa shape index (κ1) is 21.9. The van der Waals surface area contributed by atoms with Crippen LogP contribution in [0.2, 0.25) is 5.02 Å². The minimum atomic E-state index is -3.39. The average Bonchev–Trinajstić information content (AvgIpc) is 2.76. The zero-order valence-corrected chi connectivity index (χ0v) is 18.2. The van der Waals surface area contributed by atoms with Gasteiger partial charge >= 0.3 is 0 Å². The van der Waals surface area contributed by atoms with Gasteiger partial charge in [-0.15, -0.1) is 0 Å². The van der Waals surface area contributed by atoms with Crippen LogP contribution in [0, 0.1) is 11.6 Å². The number of hydrogen-bond acceptors (Lipinski definition) is 4. The Morgan fingerprint density at radius 2 is 1.50 bits per heavy atom. The minimum absolute atomic E-state index is 0.0584. The van der Waals surface area contributed by atoms with Crippen molar-refractivity contribution in [2.75, 3.05) is 6.26 Å². The second-order valence-electron chi connectivity index (χ2n) is 7.05. The topological polar surface area (TPSA) is 69.0 Å². The number of halogens is 3. The van der Waals surface area contributed by atoms with Crippen LogP contribution in [0.3, 0.4) is 0 Å². The third kappa shape index (κ3) is 4.19. The fourth-order valence-electron chi connectivity index (χ4n) is 3.25. The van der Waals surface area contributed by atoms with Crippen molar-refractivity contribution in [1.29, 1.82) is 0 Å². The van der Waals surface area contributed by atoms with E-state index in [4.69, 9.17) is 11.6 Å². The van der Waals surface area contributed by atoms with E-state index in [9.17, 15) is 22.0 Å². The fourth-order valence-corrected chi connectivity index (χ4v) is 4.01. The first-order valence-corrected chi connectivity index (χ1v) is 11.6. The van der Waals surface area contributed by atoms with E-state index in [1.807, 2.05) is 0 Å². The van der Waals surface area contributed by atoms with E-state index in [0.29, 0.717) is 21.7 Å². The van der Waals surface area contributed by atoms with Gasteiger partial charge in [-0.25, -0.2) is 17.2 Å². The molecule has 0 aliphatic heterocycles. The van der Waals surface area contributed by atoms with Crippen LogP contribution < -0.4 is 5.56 Å². The van der Waals surface area contributed by atoms with Gasteiger partial charge in [0.05, 0.1) is 22.3 Å². The molecule has 0 radical (unpaired) electrons. The third-order valence-corrected chi connectivity index (χ3v) is 6.23. The van der Waals surface area contributed by atoms with Crippen LogP contribution in [-0.4, -0.2) is 24.5 Å². The second kappa shape index (κ2) is 8.29. The summed E-state index contributed by atoms with van der Waals surface area (Å²) in [5.74, 6) is -2.15. The van der Waals surface area contributed by atoms with Gasteiger partial charge in [0.15, 0.2) is 21.5 Å². The lowest BCUT2D eigenvalue weighted by atomic mass is 9.97. The average molecular weight is 473 g/mol. The summed E-state index contributed by atoms with van der Waals surface area (Å²) >= 11 is 5.99. The first-order valence-electron chi connectivity index (χ1n) is 9.29. The highest BCUT2D eigenvalue weighted by molar-refractivity contribution is 7.90. The summed E-state index contributed by atoms with van der Waals surface area (Å²) in [6.07, 6.45) is 2.52. The fraction of sp³-hybridized carbons (Fsp3) is 0.0435. The van der Waals surface area contributed by atoms with E-state index < -0.39 is 27.0 Å². The van der Waals surface area contributed by atoms with Gasteiger partial charge in [-0.3, -0.25) is 4.79 Å². The van der Waals surface area contributed by atoms with Gasteiger partial charge in [0.25, 0.3) is 5.56 Å². The molecule has 0 atom stereocenters. The molecule has 0 fully saturated rings. The van der Waals surface area contributed by atoms with Crippen LogP contribution in [0.5, 0.6) is 0 Å². The third-order valence-electron chi connectivity index (χ3n) is 4.85. The van der Waals surface area contributed by atoms with E-state index in [1.165, 1.54) is 24.4 Å². The van der Waals surface area contributed by atoms with Crippen molar-refractivity contribution < 1.29 is 17.2 Å². The van der Waals surface area contributed by atoms with Gasteiger partial charge in [0, 0.05) is 22.9 Å². The number of benzene rings is 3. The summed E-state index contributed by atoms with van der Waals surface area (Å²) in [6, 6.07) is 15.6. The van der Waals surface area contributed by atoms with Crippen LogP contribution in [0.1, 0.15) is 0 Å². The summed E-state index contributed by atoms with van der Waals surface area (Å²) in [5.41, 5.74) is 1.26. The molecule has 162 valence electrons. The highest BCUT2D eigenvalue weighted by atomic mass is 35.5. The van der Waals surface area contributed by atoms with E-state index in [2.05, 4.69) is 5.10 Å². The van der Waals surface area contributed by atoms with Gasteiger partial charge in [-0.05, 0) is 47.5 Å². The predicted octanol–water partition coefficient (Wildman–Crippen LogP) is 4.90. The van der Waals surface area contributed by atoms with Crippen molar-refractivity contribution in [1.82, 2.24) is 9.78 Å². The maximum atomic E-state index is 13.8. The summed E-state index contributed by atoms with van der Waals surface area (Å²) in [4.78, 5) is 13.6. The van der Waals surface area contributed by atoms with E-state index in [0.717, 1.165) is 23.1 Å². The molecule has 4 aromatic rings. The highest BCUT2D eigenvalue weighted by Gasteiger charge is 2.18. The molecule has 5 nitrogen and oxygen atoms in total. The van der Waals surface area contributed by atoms with Crippen LogP contribution >= 0.6 is 11.6 Å². The van der Waals surface area contributed by atoms with Crippen molar-refractivity contribution in [2.24, 2.45) is 0 Å². The molecule has 0 N–H and O–H groups in total. The molecule has 0 aliphatic carbocycles. The summed E-state index contributed by atoms with van der Waals surface area (Å²) in [6.45, 7) is 0. The Hall–Kier alpha value is -3.36. The lowest BCUT2D eigenvalue weighted by Gasteiger charge is -2.13. The van der Waals surface area contributed by atoms with Crippen molar-refractivity contribution in [2.45, 2.75) is 4.90 Å². The standard InChI is InChI=1S/C23H15ClF2N2O3S/c1-32(30,31)18-9-4-14(5-10-18)19-13-27-28(17-8-11-20(25)21(26)12-17)23(29)22(19)15-2-6-16(24)7-3-15/h2-13H,1H3. The number of hydrogen-bond donors (Lipinski definition) is 0. The summed E-state index contributed by atoms with van der Waals surface area (Å²) in [5, 5.41) is 4.62. The molecule has 3 aromatic carbocycles. The summed E-state index contributed by atoms with van der Waals surface area (Å²) < 4.78 is 51.6. The molecule has 0 aliphatic rings. The molecule has 0 bridgehead atoms. The van der Waals surface area contributed by atoms with Crippen molar-refractivity contribution >= 4 is 21.4 Å². The van der Waals surface area contributed by atoms with Gasteiger partial charge < -0.3 is 0 Å². The quantitative estimate of drug-likeness (QED) is 0.423. The number of rotatable bonds is 4. The lowest BCUT2D eigenvalue weighted by molar-refractivity contribution is 0.507. The Kier molecular flexibility index (Phi) is 5.66. The molecule has 9 heteroatoms. The zero-order chi connectivity index (χ0) is 23.0. The molecular weight excluding hydrogens is 458 g/mol. The smallest absolute Gasteiger partial charge is 0.267 e. The Morgan fingerprint density at radius 3 is 2.09 bits per heavy atom. The van der Waals surface area contributed by atoms with E-state index in [-0.39, 0.29) is 16.1 Å². The van der Waals surface area contributed by atoms with E-state index >= 15 is 0 Å². The molecule has 0 saturated heterocycles. The Bertz CT molecular complexity index is 1480. The van der Waals surface area contributed by atoms with E-state index in [1.54, 1.807) is 36.4 Å². The first-order chi connectivity index (χ1) is 15.1. The maximum Gasteiger partial charge on any atom is 0.280 e. The molecule has 0 amide bonds. The Morgan fingerprint density at radius 1 is 0.875 bits per heavy atom.